The Balaban J connectivity index is 1.66. The summed E-state index contributed by atoms with van der Waals surface area (Å²) in [7, 11) is 0. The molecular formula is C16H17N3O3. The van der Waals surface area contributed by atoms with Crippen molar-refractivity contribution in [3.8, 4) is 11.6 Å². The molecule has 1 saturated heterocycles. The van der Waals surface area contributed by atoms with E-state index in [1.165, 1.54) is 0 Å². The smallest absolute Gasteiger partial charge is 0.254 e. The SMILES string of the molecule is Cc1ccc(Oc2ccc(C(=O)N3CCOCC3)cc2)nn1. The van der Waals surface area contributed by atoms with Crippen LogP contribution in [0.4, 0.5) is 0 Å². The van der Waals surface area contributed by atoms with Crippen LogP contribution in [0.1, 0.15) is 16.1 Å². The van der Waals surface area contributed by atoms with E-state index in [1.54, 1.807) is 35.2 Å². The zero-order chi connectivity index (χ0) is 15.4. The Labute approximate surface area is 128 Å². The highest BCUT2D eigenvalue weighted by Gasteiger charge is 2.18. The second-order valence-corrected chi connectivity index (χ2v) is 5.04. The predicted octanol–water partition coefficient (Wildman–Crippen LogP) is 2.05. The molecule has 0 unspecified atom stereocenters. The lowest BCUT2D eigenvalue weighted by Crippen LogP contribution is -2.40. The molecule has 1 amide bonds. The first kappa shape index (κ1) is 14.5. The van der Waals surface area contributed by atoms with Gasteiger partial charge in [-0.25, -0.2) is 0 Å². The number of hydrogen-bond acceptors (Lipinski definition) is 5. The molecule has 1 aromatic carbocycles. The third-order valence-electron chi connectivity index (χ3n) is 3.40. The third kappa shape index (κ3) is 3.40. The number of morpholine rings is 1. The second-order valence-electron chi connectivity index (χ2n) is 5.04. The summed E-state index contributed by atoms with van der Waals surface area (Å²) in [6, 6.07) is 10.6. The average molecular weight is 299 g/mol. The minimum absolute atomic E-state index is 0.0185. The van der Waals surface area contributed by atoms with Gasteiger partial charge in [0.25, 0.3) is 5.91 Å². The van der Waals surface area contributed by atoms with Gasteiger partial charge in [-0.3, -0.25) is 4.79 Å². The molecule has 0 atom stereocenters. The molecular weight excluding hydrogens is 282 g/mol. The van der Waals surface area contributed by atoms with E-state index in [4.69, 9.17) is 9.47 Å². The van der Waals surface area contributed by atoms with Crippen LogP contribution >= 0.6 is 0 Å². The highest BCUT2D eigenvalue weighted by atomic mass is 16.5. The molecule has 0 radical (unpaired) electrons. The van der Waals surface area contributed by atoms with Gasteiger partial charge in [-0.05, 0) is 37.3 Å². The monoisotopic (exact) mass is 299 g/mol. The van der Waals surface area contributed by atoms with Gasteiger partial charge in [0.2, 0.25) is 5.88 Å². The van der Waals surface area contributed by atoms with Crippen LogP contribution in [-0.2, 0) is 4.74 Å². The maximum absolute atomic E-state index is 12.3. The average Bonchev–Trinajstić information content (AvgIpc) is 2.58. The van der Waals surface area contributed by atoms with Gasteiger partial charge < -0.3 is 14.4 Å². The quantitative estimate of drug-likeness (QED) is 0.868. The molecule has 114 valence electrons. The molecule has 3 rings (SSSR count). The zero-order valence-electron chi connectivity index (χ0n) is 12.4. The maximum atomic E-state index is 12.3. The summed E-state index contributed by atoms with van der Waals surface area (Å²) in [6.07, 6.45) is 0. The van der Waals surface area contributed by atoms with Gasteiger partial charge in [-0.1, -0.05) is 0 Å². The lowest BCUT2D eigenvalue weighted by atomic mass is 10.2. The summed E-state index contributed by atoms with van der Waals surface area (Å²) in [5.74, 6) is 1.07. The lowest BCUT2D eigenvalue weighted by molar-refractivity contribution is 0.0303. The Morgan fingerprint density at radius 1 is 1.09 bits per heavy atom. The fraction of sp³-hybridized carbons (Fsp3) is 0.312. The molecule has 6 nitrogen and oxygen atoms in total. The Morgan fingerprint density at radius 3 is 2.45 bits per heavy atom. The minimum atomic E-state index is 0.0185. The number of aryl methyl sites for hydroxylation is 1. The fourth-order valence-corrected chi connectivity index (χ4v) is 2.18. The first-order valence-corrected chi connectivity index (χ1v) is 7.18. The minimum Gasteiger partial charge on any atom is -0.438 e. The summed E-state index contributed by atoms with van der Waals surface area (Å²) in [4.78, 5) is 14.1. The van der Waals surface area contributed by atoms with Crippen LogP contribution in [0.3, 0.4) is 0 Å². The molecule has 0 bridgehead atoms. The van der Waals surface area contributed by atoms with E-state index in [9.17, 15) is 4.79 Å². The normalized spacial score (nSPS) is 14.7. The van der Waals surface area contributed by atoms with Crippen molar-refractivity contribution < 1.29 is 14.3 Å². The van der Waals surface area contributed by atoms with Crippen molar-refractivity contribution in [3.63, 3.8) is 0 Å². The van der Waals surface area contributed by atoms with Crippen LogP contribution in [0.25, 0.3) is 0 Å². The van der Waals surface area contributed by atoms with Crippen LogP contribution in [0.2, 0.25) is 0 Å². The number of ether oxygens (including phenoxy) is 2. The van der Waals surface area contributed by atoms with E-state index in [0.717, 1.165) is 5.69 Å². The van der Waals surface area contributed by atoms with E-state index in [1.807, 2.05) is 13.0 Å². The van der Waals surface area contributed by atoms with Crippen molar-refractivity contribution in [1.29, 1.82) is 0 Å². The van der Waals surface area contributed by atoms with Crippen molar-refractivity contribution in [2.45, 2.75) is 6.92 Å². The highest BCUT2D eigenvalue weighted by Crippen LogP contribution is 2.20. The standard InChI is InChI=1S/C16H17N3O3/c1-12-2-7-15(18-17-12)22-14-5-3-13(4-6-14)16(20)19-8-10-21-11-9-19/h2-7H,8-11H2,1H3. The first-order valence-electron chi connectivity index (χ1n) is 7.18. The summed E-state index contributed by atoms with van der Waals surface area (Å²) >= 11 is 0. The van der Waals surface area contributed by atoms with Crippen LogP contribution < -0.4 is 4.74 Å². The highest BCUT2D eigenvalue weighted by molar-refractivity contribution is 5.94. The lowest BCUT2D eigenvalue weighted by Gasteiger charge is -2.26. The Bertz CT molecular complexity index is 635. The number of aromatic nitrogens is 2. The molecule has 0 saturated carbocycles. The van der Waals surface area contributed by atoms with Crippen molar-refractivity contribution >= 4 is 5.91 Å². The van der Waals surface area contributed by atoms with E-state index in [-0.39, 0.29) is 5.91 Å². The van der Waals surface area contributed by atoms with Gasteiger partial charge in [0, 0.05) is 24.7 Å². The van der Waals surface area contributed by atoms with Crippen molar-refractivity contribution in [1.82, 2.24) is 15.1 Å². The van der Waals surface area contributed by atoms with Gasteiger partial charge in [-0.15, -0.1) is 5.10 Å². The Morgan fingerprint density at radius 2 is 1.82 bits per heavy atom. The predicted molar refractivity (Wildman–Crippen MR) is 80.0 cm³/mol. The van der Waals surface area contributed by atoms with Gasteiger partial charge in [0.15, 0.2) is 0 Å². The fourth-order valence-electron chi connectivity index (χ4n) is 2.18. The molecule has 2 heterocycles. The van der Waals surface area contributed by atoms with E-state index >= 15 is 0 Å². The molecule has 1 aliphatic heterocycles. The molecule has 0 spiro atoms. The summed E-state index contributed by atoms with van der Waals surface area (Å²) < 4.78 is 10.8. The third-order valence-corrected chi connectivity index (χ3v) is 3.40. The van der Waals surface area contributed by atoms with E-state index in [2.05, 4.69) is 10.2 Å². The number of rotatable bonds is 3. The molecule has 1 aliphatic rings. The van der Waals surface area contributed by atoms with Gasteiger partial charge in [0.1, 0.15) is 5.75 Å². The molecule has 22 heavy (non-hydrogen) atoms. The second kappa shape index (κ2) is 6.53. The number of carbonyl (C=O) groups excluding carboxylic acids is 1. The molecule has 6 heteroatoms. The van der Waals surface area contributed by atoms with Crippen LogP contribution in [0.15, 0.2) is 36.4 Å². The number of benzene rings is 1. The number of amides is 1. The van der Waals surface area contributed by atoms with Gasteiger partial charge >= 0.3 is 0 Å². The van der Waals surface area contributed by atoms with Crippen molar-refractivity contribution in [2.24, 2.45) is 0 Å². The largest absolute Gasteiger partial charge is 0.438 e. The van der Waals surface area contributed by atoms with Gasteiger partial charge in [-0.2, -0.15) is 5.10 Å². The topological polar surface area (TPSA) is 64.5 Å². The summed E-state index contributed by atoms with van der Waals surface area (Å²) in [5, 5.41) is 7.88. The van der Waals surface area contributed by atoms with E-state index < -0.39 is 0 Å². The van der Waals surface area contributed by atoms with Crippen molar-refractivity contribution in [3.05, 3.63) is 47.7 Å². The zero-order valence-corrected chi connectivity index (χ0v) is 12.4. The van der Waals surface area contributed by atoms with Gasteiger partial charge in [0.05, 0.1) is 18.9 Å². The Kier molecular flexibility index (Phi) is 4.29. The van der Waals surface area contributed by atoms with Crippen LogP contribution in [0, 0.1) is 6.92 Å². The molecule has 0 N–H and O–H groups in total. The van der Waals surface area contributed by atoms with E-state index in [0.29, 0.717) is 43.5 Å². The molecule has 2 aromatic rings. The van der Waals surface area contributed by atoms with Crippen molar-refractivity contribution in [2.75, 3.05) is 26.3 Å². The first-order chi connectivity index (χ1) is 10.7. The summed E-state index contributed by atoms with van der Waals surface area (Å²) in [6.45, 7) is 4.33. The Hall–Kier alpha value is -2.47. The molecule has 0 aliphatic carbocycles. The molecule has 1 aromatic heterocycles. The number of carbonyl (C=O) groups is 1. The molecule has 1 fully saturated rings. The van der Waals surface area contributed by atoms with Crippen LogP contribution in [-0.4, -0.2) is 47.3 Å². The number of nitrogens with zero attached hydrogens (tertiary/aromatic N) is 3. The van der Waals surface area contributed by atoms with Crippen LogP contribution in [0.5, 0.6) is 11.6 Å². The maximum Gasteiger partial charge on any atom is 0.254 e. The summed E-state index contributed by atoms with van der Waals surface area (Å²) in [5.41, 5.74) is 1.48. The number of hydrogen-bond donors (Lipinski definition) is 0.